The van der Waals surface area contributed by atoms with E-state index in [4.69, 9.17) is 4.74 Å². The quantitative estimate of drug-likeness (QED) is 0.830. The monoisotopic (exact) mass is 302 g/mol. The predicted molar refractivity (Wildman–Crippen MR) is 86.9 cm³/mol. The molecular formula is C16H22N4O2. The summed E-state index contributed by atoms with van der Waals surface area (Å²) in [6.07, 6.45) is 2.16. The number of para-hydroxylation sites is 1. The van der Waals surface area contributed by atoms with E-state index < -0.39 is 11.7 Å². The van der Waals surface area contributed by atoms with Crippen LogP contribution in [0, 0.1) is 0 Å². The van der Waals surface area contributed by atoms with Crippen LogP contribution in [0.1, 0.15) is 27.2 Å². The minimum absolute atomic E-state index is 0.394. The van der Waals surface area contributed by atoms with Crippen molar-refractivity contribution in [1.82, 2.24) is 15.3 Å². The van der Waals surface area contributed by atoms with Gasteiger partial charge < -0.3 is 15.4 Å². The number of hydrogen-bond acceptors (Lipinski definition) is 5. The van der Waals surface area contributed by atoms with Crippen molar-refractivity contribution in [2.75, 3.05) is 18.4 Å². The predicted octanol–water partition coefficient (Wildman–Crippen LogP) is 2.96. The van der Waals surface area contributed by atoms with Gasteiger partial charge in [0.05, 0.1) is 5.52 Å². The number of ether oxygens (including phenoxy) is 1. The lowest BCUT2D eigenvalue weighted by atomic mass is 10.2. The highest BCUT2D eigenvalue weighted by Gasteiger charge is 2.15. The Bertz CT molecular complexity index is 637. The van der Waals surface area contributed by atoms with E-state index in [9.17, 15) is 4.79 Å². The van der Waals surface area contributed by atoms with Gasteiger partial charge in [0, 0.05) is 24.7 Å². The Kier molecular flexibility index (Phi) is 5.14. The van der Waals surface area contributed by atoms with E-state index >= 15 is 0 Å². The van der Waals surface area contributed by atoms with Crippen molar-refractivity contribution >= 4 is 22.9 Å². The van der Waals surface area contributed by atoms with Crippen LogP contribution in [0.25, 0.3) is 10.9 Å². The van der Waals surface area contributed by atoms with Gasteiger partial charge in [-0.2, -0.15) is 0 Å². The lowest BCUT2D eigenvalue weighted by molar-refractivity contribution is 0.0528. The number of nitrogens with one attached hydrogen (secondary N) is 2. The molecule has 6 heteroatoms. The van der Waals surface area contributed by atoms with Crippen LogP contribution < -0.4 is 10.6 Å². The lowest BCUT2D eigenvalue weighted by Gasteiger charge is -2.19. The summed E-state index contributed by atoms with van der Waals surface area (Å²) < 4.78 is 5.16. The second-order valence-electron chi connectivity index (χ2n) is 5.96. The van der Waals surface area contributed by atoms with E-state index in [2.05, 4.69) is 20.6 Å². The summed E-state index contributed by atoms with van der Waals surface area (Å²) in [7, 11) is 0. The molecule has 0 radical (unpaired) electrons. The van der Waals surface area contributed by atoms with Gasteiger partial charge in [-0.05, 0) is 33.3 Å². The van der Waals surface area contributed by atoms with Crippen molar-refractivity contribution in [3.05, 3.63) is 30.5 Å². The number of carbonyl (C=O) groups excluding carboxylic acids is 1. The molecule has 2 rings (SSSR count). The smallest absolute Gasteiger partial charge is 0.407 e. The van der Waals surface area contributed by atoms with Crippen LogP contribution in [0.3, 0.4) is 0 Å². The van der Waals surface area contributed by atoms with Crippen molar-refractivity contribution < 1.29 is 9.53 Å². The largest absolute Gasteiger partial charge is 0.444 e. The van der Waals surface area contributed by atoms with E-state index in [0.717, 1.165) is 17.3 Å². The molecule has 0 aliphatic rings. The van der Waals surface area contributed by atoms with Crippen LogP contribution in [0.15, 0.2) is 30.5 Å². The number of aromatic nitrogens is 2. The number of hydrogen-bond donors (Lipinski definition) is 2. The number of fused-ring (bicyclic) bond motifs is 1. The molecule has 1 heterocycles. The molecule has 0 fully saturated rings. The topological polar surface area (TPSA) is 76.1 Å². The Hall–Kier alpha value is -2.37. The van der Waals surface area contributed by atoms with Gasteiger partial charge in [0.1, 0.15) is 5.60 Å². The Morgan fingerprint density at radius 2 is 2.00 bits per heavy atom. The molecule has 1 amide bonds. The molecule has 0 aliphatic heterocycles. The van der Waals surface area contributed by atoms with Crippen molar-refractivity contribution in [2.24, 2.45) is 0 Å². The molecule has 118 valence electrons. The van der Waals surface area contributed by atoms with Crippen molar-refractivity contribution in [3.63, 3.8) is 0 Å². The molecule has 0 aliphatic carbocycles. The van der Waals surface area contributed by atoms with Crippen molar-refractivity contribution in [2.45, 2.75) is 32.8 Å². The molecule has 0 unspecified atom stereocenters. The van der Waals surface area contributed by atoms with E-state index in [0.29, 0.717) is 19.0 Å². The fourth-order valence-corrected chi connectivity index (χ4v) is 1.85. The van der Waals surface area contributed by atoms with Gasteiger partial charge in [-0.15, -0.1) is 0 Å². The second kappa shape index (κ2) is 7.06. The Balaban J connectivity index is 1.71. The first kappa shape index (κ1) is 16.0. The maximum absolute atomic E-state index is 11.5. The average Bonchev–Trinajstić information content (AvgIpc) is 2.45. The summed E-state index contributed by atoms with van der Waals surface area (Å²) >= 11 is 0. The van der Waals surface area contributed by atoms with Crippen LogP contribution in [0.5, 0.6) is 0 Å². The first-order valence-corrected chi connectivity index (χ1v) is 7.36. The third-order valence-electron chi connectivity index (χ3n) is 2.79. The van der Waals surface area contributed by atoms with Gasteiger partial charge in [0.2, 0.25) is 5.95 Å². The number of benzene rings is 1. The van der Waals surface area contributed by atoms with Crippen LogP contribution >= 0.6 is 0 Å². The summed E-state index contributed by atoms with van der Waals surface area (Å²) in [6.45, 7) is 6.73. The summed E-state index contributed by atoms with van der Waals surface area (Å²) in [5.74, 6) is 0.593. The Morgan fingerprint density at radius 3 is 2.77 bits per heavy atom. The minimum atomic E-state index is -0.471. The number of rotatable bonds is 5. The van der Waals surface area contributed by atoms with Gasteiger partial charge in [-0.25, -0.2) is 14.8 Å². The fraction of sp³-hybridized carbons (Fsp3) is 0.438. The van der Waals surface area contributed by atoms with Crippen LogP contribution in [-0.2, 0) is 4.74 Å². The fourth-order valence-electron chi connectivity index (χ4n) is 1.85. The molecule has 0 saturated heterocycles. The van der Waals surface area contributed by atoms with E-state index in [1.54, 1.807) is 6.20 Å². The van der Waals surface area contributed by atoms with Gasteiger partial charge in [-0.3, -0.25) is 0 Å². The van der Waals surface area contributed by atoms with Gasteiger partial charge in [0.25, 0.3) is 0 Å². The Labute approximate surface area is 130 Å². The minimum Gasteiger partial charge on any atom is -0.444 e. The van der Waals surface area contributed by atoms with Crippen LogP contribution in [0.4, 0.5) is 10.7 Å². The number of alkyl carbamates (subject to hydrolysis) is 1. The first-order valence-electron chi connectivity index (χ1n) is 7.36. The molecule has 6 nitrogen and oxygen atoms in total. The standard InChI is InChI=1S/C16H22N4O2/c1-16(2,3)22-15(21)18-10-6-9-17-14-19-11-12-7-4-5-8-13(12)20-14/h4-5,7-8,11H,6,9-10H2,1-3H3,(H,18,21)(H,17,19,20). The third kappa shape index (κ3) is 5.20. The zero-order valence-electron chi connectivity index (χ0n) is 13.2. The normalized spacial score (nSPS) is 11.2. The molecule has 0 saturated carbocycles. The number of amides is 1. The molecule has 0 bridgehead atoms. The third-order valence-corrected chi connectivity index (χ3v) is 2.79. The summed E-state index contributed by atoms with van der Waals surface area (Å²) in [5, 5.41) is 6.87. The maximum atomic E-state index is 11.5. The highest BCUT2D eigenvalue weighted by Crippen LogP contribution is 2.11. The zero-order chi connectivity index (χ0) is 16.0. The highest BCUT2D eigenvalue weighted by molar-refractivity contribution is 5.78. The SMILES string of the molecule is CC(C)(C)OC(=O)NCCCNc1ncc2ccccc2n1. The van der Waals surface area contributed by atoms with Crippen LogP contribution in [0.2, 0.25) is 0 Å². The van der Waals surface area contributed by atoms with Gasteiger partial charge in [0.15, 0.2) is 0 Å². The molecule has 0 atom stereocenters. The lowest BCUT2D eigenvalue weighted by Crippen LogP contribution is -2.33. The number of anilines is 1. The van der Waals surface area contributed by atoms with E-state index in [1.807, 2.05) is 45.0 Å². The molecule has 2 aromatic rings. The zero-order valence-corrected chi connectivity index (χ0v) is 13.2. The van der Waals surface area contributed by atoms with Gasteiger partial charge >= 0.3 is 6.09 Å². The highest BCUT2D eigenvalue weighted by atomic mass is 16.6. The Morgan fingerprint density at radius 1 is 1.23 bits per heavy atom. The summed E-state index contributed by atoms with van der Waals surface area (Å²) in [6, 6.07) is 7.83. The molecule has 0 spiro atoms. The molecular weight excluding hydrogens is 280 g/mol. The average molecular weight is 302 g/mol. The first-order chi connectivity index (χ1) is 10.4. The second-order valence-corrected chi connectivity index (χ2v) is 5.96. The van der Waals surface area contributed by atoms with Crippen molar-refractivity contribution in [1.29, 1.82) is 0 Å². The number of nitrogens with zero attached hydrogens (tertiary/aromatic N) is 2. The molecule has 1 aromatic heterocycles. The van der Waals surface area contributed by atoms with E-state index in [-0.39, 0.29) is 0 Å². The maximum Gasteiger partial charge on any atom is 0.407 e. The molecule has 2 N–H and O–H groups in total. The van der Waals surface area contributed by atoms with E-state index in [1.165, 1.54) is 0 Å². The summed E-state index contributed by atoms with van der Waals surface area (Å²) in [4.78, 5) is 20.1. The van der Waals surface area contributed by atoms with Crippen molar-refractivity contribution in [3.8, 4) is 0 Å². The summed E-state index contributed by atoms with van der Waals surface area (Å²) in [5.41, 5.74) is 0.438. The molecule has 22 heavy (non-hydrogen) atoms. The van der Waals surface area contributed by atoms with Crippen LogP contribution in [-0.4, -0.2) is 34.8 Å². The molecule has 1 aromatic carbocycles. The number of carbonyl (C=O) groups is 1. The van der Waals surface area contributed by atoms with Gasteiger partial charge in [-0.1, -0.05) is 18.2 Å².